The monoisotopic (exact) mass is 333 g/mol. The molecular formula is C16H20BrN3. The van der Waals surface area contributed by atoms with Crippen molar-refractivity contribution in [1.29, 1.82) is 0 Å². The highest BCUT2D eigenvalue weighted by atomic mass is 79.9. The van der Waals surface area contributed by atoms with Gasteiger partial charge in [-0.1, -0.05) is 22.0 Å². The van der Waals surface area contributed by atoms with Crippen molar-refractivity contribution >= 4 is 15.9 Å². The fourth-order valence-electron chi connectivity index (χ4n) is 3.15. The van der Waals surface area contributed by atoms with E-state index in [1.165, 1.54) is 35.2 Å². The first kappa shape index (κ1) is 13.8. The molecule has 3 nitrogen and oxygen atoms in total. The van der Waals surface area contributed by atoms with Gasteiger partial charge in [-0.15, -0.1) is 0 Å². The lowest BCUT2D eigenvalue weighted by molar-refractivity contribution is 0.571. The molecule has 0 radical (unpaired) electrons. The minimum absolute atomic E-state index is 0.453. The largest absolute Gasteiger partial charge is 0.309 e. The van der Waals surface area contributed by atoms with E-state index in [0.717, 1.165) is 16.7 Å². The summed E-state index contributed by atoms with van der Waals surface area (Å²) < 4.78 is 3.15. The zero-order valence-electron chi connectivity index (χ0n) is 12.2. The summed E-state index contributed by atoms with van der Waals surface area (Å²) in [6, 6.07) is 6.84. The quantitative estimate of drug-likeness (QED) is 0.903. The zero-order valence-corrected chi connectivity index (χ0v) is 13.8. The fourth-order valence-corrected chi connectivity index (χ4v) is 3.51. The van der Waals surface area contributed by atoms with Gasteiger partial charge >= 0.3 is 0 Å². The summed E-state index contributed by atoms with van der Waals surface area (Å²) in [7, 11) is 2.05. The van der Waals surface area contributed by atoms with Gasteiger partial charge in [-0.2, -0.15) is 5.10 Å². The second-order valence-electron chi connectivity index (χ2n) is 5.59. The Morgan fingerprint density at radius 3 is 2.85 bits per heavy atom. The van der Waals surface area contributed by atoms with Crippen LogP contribution in [0, 0.1) is 13.8 Å². The number of hydrogen-bond donors (Lipinski definition) is 1. The number of nitrogens with zero attached hydrogens (tertiary/aromatic N) is 2. The van der Waals surface area contributed by atoms with Gasteiger partial charge in [-0.25, -0.2) is 0 Å². The third-order valence-electron chi connectivity index (χ3n) is 4.18. The van der Waals surface area contributed by atoms with Crippen LogP contribution in [0.4, 0.5) is 0 Å². The van der Waals surface area contributed by atoms with Gasteiger partial charge in [0.1, 0.15) is 0 Å². The van der Waals surface area contributed by atoms with Crippen LogP contribution >= 0.6 is 15.9 Å². The minimum atomic E-state index is 0.453. The summed E-state index contributed by atoms with van der Waals surface area (Å²) in [5.74, 6) is 0. The van der Waals surface area contributed by atoms with Crippen molar-refractivity contribution in [1.82, 2.24) is 15.1 Å². The highest BCUT2D eigenvalue weighted by Gasteiger charge is 2.24. The minimum Gasteiger partial charge on any atom is -0.309 e. The second-order valence-corrected chi connectivity index (χ2v) is 6.51. The molecule has 0 amide bonds. The molecule has 0 aliphatic carbocycles. The smallest absolute Gasteiger partial charge is 0.0958 e. The van der Waals surface area contributed by atoms with Crippen molar-refractivity contribution < 1.29 is 0 Å². The number of halogens is 1. The number of rotatable bonds is 2. The molecule has 1 aliphatic rings. The van der Waals surface area contributed by atoms with Crippen molar-refractivity contribution in [2.45, 2.75) is 32.7 Å². The number of benzene rings is 1. The van der Waals surface area contributed by atoms with E-state index in [2.05, 4.69) is 60.3 Å². The van der Waals surface area contributed by atoms with Crippen molar-refractivity contribution in [3.63, 3.8) is 0 Å². The molecule has 1 aliphatic heterocycles. The molecule has 1 atom stereocenters. The van der Waals surface area contributed by atoms with Gasteiger partial charge in [0.05, 0.1) is 11.4 Å². The molecule has 4 heteroatoms. The van der Waals surface area contributed by atoms with Crippen LogP contribution in [0.1, 0.15) is 35.7 Å². The Kier molecular flexibility index (Phi) is 3.69. The van der Waals surface area contributed by atoms with Gasteiger partial charge in [-0.05, 0) is 56.5 Å². The fraction of sp³-hybridized carbons (Fsp3) is 0.438. The summed E-state index contributed by atoms with van der Waals surface area (Å²) in [5, 5.41) is 8.36. The van der Waals surface area contributed by atoms with Gasteiger partial charge < -0.3 is 5.32 Å². The summed E-state index contributed by atoms with van der Waals surface area (Å²) in [6.45, 7) is 5.45. The molecule has 2 heterocycles. The predicted molar refractivity (Wildman–Crippen MR) is 85.8 cm³/mol. The molecule has 106 valence electrons. The van der Waals surface area contributed by atoms with Crippen LogP contribution in [0.15, 0.2) is 22.7 Å². The molecule has 1 N–H and O–H groups in total. The Labute approximate surface area is 128 Å². The summed E-state index contributed by atoms with van der Waals surface area (Å²) in [6.07, 6.45) is 2.46. The molecule has 0 saturated carbocycles. The first-order valence-corrected chi connectivity index (χ1v) is 7.90. The van der Waals surface area contributed by atoms with Crippen LogP contribution in [-0.2, 0) is 7.05 Å². The van der Waals surface area contributed by atoms with Gasteiger partial charge in [-0.3, -0.25) is 4.68 Å². The second kappa shape index (κ2) is 5.34. The number of nitrogens with one attached hydrogen (secondary N) is 1. The van der Waals surface area contributed by atoms with E-state index < -0.39 is 0 Å². The van der Waals surface area contributed by atoms with E-state index in [0.29, 0.717) is 6.04 Å². The van der Waals surface area contributed by atoms with Gasteiger partial charge in [0.15, 0.2) is 0 Å². The SMILES string of the molecule is Cc1ccc(Br)cc1-c1nn(C)c(C2CCCN2)c1C. The molecule has 20 heavy (non-hydrogen) atoms. The third kappa shape index (κ3) is 2.31. The molecule has 0 spiro atoms. The van der Waals surface area contributed by atoms with Crippen LogP contribution in [0.3, 0.4) is 0 Å². The maximum Gasteiger partial charge on any atom is 0.0958 e. The van der Waals surface area contributed by atoms with Crippen molar-refractivity contribution in [2.75, 3.05) is 6.54 Å². The lowest BCUT2D eigenvalue weighted by Crippen LogP contribution is -2.17. The Morgan fingerprint density at radius 1 is 1.35 bits per heavy atom. The van der Waals surface area contributed by atoms with Gasteiger partial charge in [0, 0.05) is 23.1 Å². The highest BCUT2D eigenvalue weighted by Crippen LogP contribution is 2.34. The number of aromatic nitrogens is 2. The van der Waals surface area contributed by atoms with E-state index in [4.69, 9.17) is 5.10 Å². The molecule has 1 aromatic carbocycles. The molecule has 1 fully saturated rings. The average molecular weight is 334 g/mol. The summed E-state index contributed by atoms with van der Waals surface area (Å²) in [5.41, 5.74) is 6.22. The summed E-state index contributed by atoms with van der Waals surface area (Å²) in [4.78, 5) is 0. The van der Waals surface area contributed by atoms with Gasteiger partial charge in [0.2, 0.25) is 0 Å². The Hall–Kier alpha value is -1.13. The third-order valence-corrected chi connectivity index (χ3v) is 4.68. The van der Waals surface area contributed by atoms with Crippen LogP contribution in [0.2, 0.25) is 0 Å². The average Bonchev–Trinajstić information content (AvgIpc) is 3.01. The summed E-state index contributed by atoms with van der Waals surface area (Å²) >= 11 is 3.56. The molecule has 0 bridgehead atoms. The van der Waals surface area contributed by atoms with Gasteiger partial charge in [0.25, 0.3) is 0 Å². The van der Waals surface area contributed by atoms with E-state index >= 15 is 0 Å². The van der Waals surface area contributed by atoms with E-state index in [9.17, 15) is 0 Å². The first-order chi connectivity index (χ1) is 9.58. The lowest BCUT2D eigenvalue weighted by atomic mass is 10.00. The molecule has 1 aromatic heterocycles. The Morgan fingerprint density at radius 2 is 2.15 bits per heavy atom. The van der Waals surface area contributed by atoms with E-state index in [-0.39, 0.29) is 0 Å². The molecule has 2 aromatic rings. The number of aryl methyl sites for hydroxylation is 2. The van der Waals surface area contributed by atoms with E-state index in [1.807, 2.05) is 4.68 Å². The standard InChI is InChI=1S/C16H20BrN3/c1-10-6-7-12(17)9-13(10)15-11(2)16(20(3)19-15)14-5-4-8-18-14/h6-7,9,14,18H,4-5,8H2,1-3H3. The van der Waals surface area contributed by atoms with Crippen molar-refractivity contribution in [3.8, 4) is 11.3 Å². The lowest BCUT2D eigenvalue weighted by Gasteiger charge is -2.12. The zero-order chi connectivity index (χ0) is 14.3. The van der Waals surface area contributed by atoms with Crippen LogP contribution in [0.25, 0.3) is 11.3 Å². The van der Waals surface area contributed by atoms with Crippen molar-refractivity contribution in [3.05, 3.63) is 39.5 Å². The van der Waals surface area contributed by atoms with Crippen molar-refractivity contribution in [2.24, 2.45) is 7.05 Å². The molecule has 1 saturated heterocycles. The predicted octanol–water partition coefficient (Wildman–Crippen LogP) is 3.89. The first-order valence-electron chi connectivity index (χ1n) is 7.11. The van der Waals surface area contributed by atoms with Crippen LogP contribution in [0.5, 0.6) is 0 Å². The molecule has 3 rings (SSSR count). The Bertz CT molecular complexity index is 639. The van der Waals surface area contributed by atoms with Crippen LogP contribution in [-0.4, -0.2) is 16.3 Å². The highest BCUT2D eigenvalue weighted by molar-refractivity contribution is 9.10. The topological polar surface area (TPSA) is 29.9 Å². The maximum absolute atomic E-state index is 4.78. The normalized spacial score (nSPS) is 18.7. The number of hydrogen-bond acceptors (Lipinski definition) is 2. The molecule has 1 unspecified atom stereocenters. The van der Waals surface area contributed by atoms with Crippen LogP contribution < -0.4 is 5.32 Å². The Balaban J connectivity index is 2.11. The maximum atomic E-state index is 4.78. The molecular weight excluding hydrogens is 314 g/mol. The van der Waals surface area contributed by atoms with E-state index in [1.54, 1.807) is 0 Å².